The quantitative estimate of drug-likeness (QED) is 0.0451. The van der Waals surface area contributed by atoms with Gasteiger partial charge in [0.05, 0.1) is 0 Å². The summed E-state index contributed by atoms with van der Waals surface area (Å²) in [7, 11) is 0. The van der Waals surface area contributed by atoms with Crippen LogP contribution in [0.4, 0.5) is 0 Å². The van der Waals surface area contributed by atoms with Gasteiger partial charge in [0.15, 0.2) is 0 Å². The van der Waals surface area contributed by atoms with Crippen LogP contribution in [0, 0.1) is 57.2 Å². The second-order valence-corrected chi connectivity index (χ2v) is 11.7. The zero-order valence-corrected chi connectivity index (χ0v) is 30.4. The third-order valence-electron chi connectivity index (χ3n) is 6.54. The van der Waals surface area contributed by atoms with E-state index in [0.717, 1.165) is 89.2 Å². The molecule has 0 amide bonds. The van der Waals surface area contributed by atoms with Gasteiger partial charge >= 0.3 is 37.7 Å². The minimum atomic E-state index is -1.18. The van der Waals surface area contributed by atoms with Crippen molar-refractivity contribution in [2.75, 3.05) is 26.2 Å². The molecule has 0 aliphatic rings. The summed E-state index contributed by atoms with van der Waals surface area (Å²) in [6, 6.07) is 6.83. The average molecular weight is 643 g/mol. The largest absolute Gasteiger partial charge is 1.00 e. The summed E-state index contributed by atoms with van der Waals surface area (Å²) < 4.78 is 14.2. The number of nitriles is 4. The first-order valence-electron chi connectivity index (χ1n) is 15.5. The first-order chi connectivity index (χ1) is 20.4. The zero-order valence-electron chi connectivity index (χ0n) is 30.8. The Morgan fingerprint density at radius 2 is 0.909 bits per heavy atom. The Bertz CT molecular complexity index is 753. The van der Waals surface area contributed by atoms with Crippen LogP contribution < -0.4 is 37.7 Å². The van der Waals surface area contributed by atoms with E-state index in [1.54, 1.807) is 24.3 Å². The van der Waals surface area contributed by atoms with Gasteiger partial charge in [-0.25, -0.2) is 8.61 Å². The molecule has 2 atom stereocenters. The van der Waals surface area contributed by atoms with Crippen molar-refractivity contribution in [3.8, 4) is 24.3 Å². The molecule has 0 aliphatic carbocycles. The summed E-state index contributed by atoms with van der Waals surface area (Å²) in [5.41, 5.74) is 0. The van der Waals surface area contributed by atoms with Crippen LogP contribution in [0.3, 0.4) is 0 Å². The van der Waals surface area contributed by atoms with E-state index in [0.29, 0.717) is 11.8 Å². The van der Waals surface area contributed by atoms with Crippen molar-refractivity contribution in [1.82, 2.24) is 8.61 Å². The van der Waals surface area contributed by atoms with E-state index in [1.165, 1.54) is 38.5 Å². The van der Waals surface area contributed by atoms with Crippen molar-refractivity contribution in [3.05, 3.63) is 0 Å². The predicted molar refractivity (Wildman–Crippen MR) is 171 cm³/mol. The van der Waals surface area contributed by atoms with Gasteiger partial charge in [0.2, 0.25) is 0 Å². The van der Waals surface area contributed by atoms with Gasteiger partial charge in [-0.2, -0.15) is 30.8 Å². The maximum absolute atomic E-state index is 8.75. The Hall–Kier alpha value is -0.385. The number of rotatable bonds is 26. The summed E-state index contributed by atoms with van der Waals surface area (Å²) >= 11 is 2.21. The van der Waals surface area contributed by atoms with Crippen LogP contribution >= 0.6 is 24.5 Å². The van der Waals surface area contributed by atoms with Gasteiger partial charge in [-0.05, 0) is 37.5 Å². The summed E-state index contributed by atoms with van der Waals surface area (Å²) in [5.74, 6) is 1.25. The van der Waals surface area contributed by atoms with Crippen LogP contribution in [0.1, 0.15) is 121 Å². The van der Waals surface area contributed by atoms with Crippen LogP contribution in [-0.4, -0.2) is 47.0 Å². The molecule has 0 spiro atoms. The van der Waals surface area contributed by atoms with Crippen molar-refractivity contribution in [1.29, 1.82) is 21.0 Å². The number of nitrogens with zero attached hydrogens (tertiary/aromatic N) is 6. The molecule has 0 aromatic rings. The van der Waals surface area contributed by atoms with E-state index in [2.05, 4.69) is 50.7 Å². The topological polar surface area (TPSA) is 139 Å². The Labute approximate surface area is 304 Å². The van der Waals surface area contributed by atoms with Gasteiger partial charge in [-0.15, -0.1) is 8.67 Å². The standard InChI is InChI=1S/C19H35N3O2S.C11H19N3O2S.2Li.2H/c1-5-9-11-17(7-3)15-22(16-18(8-4)12-10-6-2)25-24-23-19(13-20)14-21;1-3-5-7-14(8-6-4-2)17-16-15-11(9-12)10-13;;;;/h17-19H,5-12,15-16H2,1-4H3;11H,3-8H2,1-2H3;;;;/q;;2*+1;2*-1. The molecule has 44 heavy (non-hydrogen) atoms. The van der Waals surface area contributed by atoms with E-state index in [-0.39, 0.29) is 40.6 Å². The Balaban J connectivity index is -0.000000169. The molecule has 0 aromatic heterocycles. The molecule has 2 unspecified atom stereocenters. The SMILES string of the molecule is CCCCC(CC)CN(CC(CC)CCCC)SOOC(C#N)C#N.CCCCN(CCCC)SOOC(C#N)C#N.[H-].[H-].[Li+].[Li+]. The molecule has 0 radical (unpaired) electrons. The molecule has 0 rings (SSSR count). The van der Waals surface area contributed by atoms with Gasteiger partial charge in [0.25, 0.3) is 12.2 Å². The van der Waals surface area contributed by atoms with Crippen LogP contribution in [0.2, 0.25) is 0 Å². The summed E-state index contributed by atoms with van der Waals surface area (Å²) in [6.07, 6.45) is 11.7. The minimum absolute atomic E-state index is 0. The van der Waals surface area contributed by atoms with Gasteiger partial charge in [0, 0.05) is 26.2 Å². The Kier molecular flexibility index (Phi) is 44.5. The third-order valence-corrected chi connectivity index (χ3v) is 7.91. The van der Waals surface area contributed by atoms with Gasteiger partial charge in [-0.3, -0.25) is 0 Å². The summed E-state index contributed by atoms with van der Waals surface area (Å²) in [5, 5.41) is 34.5. The fourth-order valence-electron chi connectivity index (χ4n) is 3.74. The summed E-state index contributed by atoms with van der Waals surface area (Å²) in [4.78, 5) is 9.49. The van der Waals surface area contributed by atoms with Crippen molar-refractivity contribution in [3.63, 3.8) is 0 Å². The van der Waals surface area contributed by atoms with Gasteiger partial charge in [0.1, 0.15) is 48.7 Å². The van der Waals surface area contributed by atoms with E-state index in [1.807, 2.05) is 4.31 Å². The number of hydrogen-bond donors (Lipinski definition) is 0. The molecule has 0 saturated carbocycles. The van der Waals surface area contributed by atoms with Crippen LogP contribution in [-0.2, 0) is 18.4 Å². The van der Waals surface area contributed by atoms with Crippen LogP contribution in [0.5, 0.6) is 0 Å². The second kappa shape index (κ2) is 38.8. The van der Waals surface area contributed by atoms with Gasteiger partial charge in [-0.1, -0.05) is 92.9 Å². The molecule has 0 aromatic carbocycles. The molecule has 244 valence electrons. The third kappa shape index (κ3) is 30.3. The van der Waals surface area contributed by atoms with Crippen molar-refractivity contribution in [2.45, 2.75) is 131 Å². The second-order valence-electron chi connectivity index (χ2n) is 10.1. The van der Waals surface area contributed by atoms with Crippen LogP contribution in [0.25, 0.3) is 0 Å². The Morgan fingerprint density at radius 1 is 0.568 bits per heavy atom. The smallest absolute Gasteiger partial charge is 1.00 e. The van der Waals surface area contributed by atoms with E-state index >= 15 is 0 Å². The zero-order chi connectivity index (χ0) is 31.8. The van der Waals surface area contributed by atoms with E-state index < -0.39 is 12.2 Å². The molecule has 10 nitrogen and oxygen atoms in total. The predicted octanol–water partition coefficient (Wildman–Crippen LogP) is 2.70. The monoisotopic (exact) mass is 642 g/mol. The minimum Gasteiger partial charge on any atom is -1.00 e. The molecule has 0 heterocycles. The molecule has 0 aliphatic heterocycles. The molecular weight excluding hydrogens is 586 g/mol. The Morgan fingerprint density at radius 3 is 1.20 bits per heavy atom. The molecule has 0 fully saturated rings. The first kappa shape index (κ1) is 50.5. The van der Waals surface area contributed by atoms with Crippen molar-refractivity contribution >= 4 is 24.5 Å². The molecule has 0 N–H and O–H groups in total. The van der Waals surface area contributed by atoms with E-state index in [4.69, 9.17) is 34.6 Å². The number of unbranched alkanes of at least 4 members (excludes halogenated alkanes) is 4. The average Bonchev–Trinajstić information content (AvgIpc) is 3.02. The normalized spacial score (nSPS) is 11.8. The fraction of sp³-hybridized carbons (Fsp3) is 0.867. The number of hydrogen-bond acceptors (Lipinski definition) is 12. The first-order valence-corrected chi connectivity index (χ1v) is 16.9. The molecular formula is C30H56Li2N6O4S2. The maximum Gasteiger partial charge on any atom is 1.00 e. The fourth-order valence-corrected chi connectivity index (χ4v) is 5.09. The van der Waals surface area contributed by atoms with Crippen molar-refractivity contribution in [2.24, 2.45) is 11.8 Å². The maximum atomic E-state index is 8.75. The molecule has 0 bridgehead atoms. The molecule has 14 heteroatoms. The van der Waals surface area contributed by atoms with Gasteiger partial charge < -0.3 is 2.85 Å². The van der Waals surface area contributed by atoms with Crippen LogP contribution in [0.15, 0.2) is 0 Å². The van der Waals surface area contributed by atoms with E-state index in [9.17, 15) is 0 Å². The molecule has 0 saturated heterocycles. The van der Waals surface area contributed by atoms with Crippen molar-refractivity contribution < 1.29 is 59.0 Å². The summed E-state index contributed by atoms with van der Waals surface area (Å²) in [6.45, 7) is 16.9.